The van der Waals surface area contributed by atoms with Gasteiger partial charge in [-0.2, -0.15) is 0 Å². The standard InChI is InChI=1S/C13H22N4S/c1-8(2)6-15-13(14)16-7-11-17-12(9(3)4)10(5)18-11/h9H,1,6-7H2,2-5H3,(H3,14,15,16). The quantitative estimate of drug-likeness (QED) is 0.489. The fourth-order valence-corrected chi connectivity index (χ4v) is 2.53. The van der Waals surface area contributed by atoms with Crippen LogP contribution in [0.4, 0.5) is 0 Å². The van der Waals surface area contributed by atoms with Crippen molar-refractivity contribution in [2.24, 2.45) is 10.7 Å². The van der Waals surface area contributed by atoms with Crippen molar-refractivity contribution >= 4 is 17.3 Å². The van der Waals surface area contributed by atoms with Gasteiger partial charge in [-0.05, 0) is 19.8 Å². The molecule has 0 bridgehead atoms. The molecule has 3 N–H and O–H groups in total. The zero-order chi connectivity index (χ0) is 13.7. The van der Waals surface area contributed by atoms with E-state index in [0.717, 1.165) is 10.6 Å². The van der Waals surface area contributed by atoms with E-state index in [2.05, 4.69) is 42.6 Å². The number of nitrogens with zero attached hydrogens (tertiary/aromatic N) is 2. The van der Waals surface area contributed by atoms with Gasteiger partial charge in [-0.3, -0.25) is 0 Å². The molecule has 100 valence electrons. The molecule has 1 aromatic rings. The molecule has 0 aliphatic rings. The molecule has 1 heterocycles. The van der Waals surface area contributed by atoms with Crippen molar-refractivity contribution in [1.29, 1.82) is 0 Å². The second-order valence-electron chi connectivity index (χ2n) is 4.72. The summed E-state index contributed by atoms with van der Waals surface area (Å²) in [6.07, 6.45) is 0. The number of hydrogen-bond donors (Lipinski definition) is 2. The van der Waals surface area contributed by atoms with Crippen molar-refractivity contribution in [1.82, 2.24) is 10.3 Å². The molecule has 0 aliphatic carbocycles. The van der Waals surface area contributed by atoms with Crippen LogP contribution in [0.1, 0.15) is 42.3 Å². The summed E-state index contributed by atoms with van der Waals surface area (Å²) in [4.78, 5) is 10.1. The van der Waals surface area contributed by atoms with Gasteiger partial charge in [0, 0.05) is 11.4 Å². The highest BCUT2D eigenvalue weighted by molar-refractivity contribution is 7.11. The number of nitrogens with two attached hydrogens (primary N) is 1. The maximum absolute atomic E-state index is 5.75. The summed E-state index contributed by atoms with van der Waals surface area (Å²) >= 11 is 1.69. The summed E-state index contributed by atoms with van der Waals surface area (Å²) in [6.45, 7) is 13.3. The van der Waals surface area contributed by atoms with Gasteiger partial charge >= 0.3 is 0 Å². The molecular formula is C13H22N4S. The molecule has 0 fully saturated rings. The number of rotatable bonds is 5. The lowest BCUT2D eigenvalue weighted by Gasteiger charge is -2.03. The maximum Gasteiger partial charge on any atom is 0.189 e. The van der Waals surface area contributed by atoms with Gasteiger partial charge in [0.05, 0.1) is 12.2 Å². The lowest BCUT2D eigenvalue weighted by Crippen LogP contribution is -2.32. The van der Waals surface area contributed by atoms with Crippen molar-refractivity contribution in [2.45, 2.75) is 40.2 Å². The molecule has 0 spiro atoms. The highest BCUT2D eigenvalue weighted by Gasteiger charge is 2.10. The lowest BCUT2D eigenvalue weighted by atomic mass is 10.1. The van der Waals surface area contributed by atoms with Crippen molar-refractivity contribution in [3.63, 3.8) is 0 Å². The zero-order valence-corrected chi connectivity index (χ0v) is 12.4. The minimum absolute atomic E-state index is 0.442. The van der Waals surface area contributed by atoms with E-state index in [1.807, 2.05) is 6.92 Å². The normalized spacial score (nSPS) is 11.9. The molecule has 0 amide bonds. The molecule has 0 unspecified atom stereocenters. The van der Waals surface area contributed by atoms with Gasteiger partial charge < -0.3 is 11.1 Å². The third-order valence-electron chi connectivity index (χ3n) is 2.38. The van der Waals surface area contributed by atoms with Gasteiger partial charge in [0.2, 0.25) is 0 Å². The number of aryl methyl sites for hydroxylation is 1. The predicted molar refractivity (Wildman–Crippen MR) is 79.1 cm³/mol. The van der Waals surface area contributed by atoms with E-state index >= 15 is 0 Å². The smallest absolute Gasteiger partial charge is 0.189 e. The van der Waals surface area contributed by atoms with E-state index in [1.165, 1.54) is 10.6 Å². The molecule has 18 heavy (non-hydrogen) atoms. The van der Waals surface area contributed by atoms with Crippen LogP contribution in [-0.4, -0.2) is 17.5 Å². The topological polar surface area (TPSA) is 63.3 Å². The summed E-state index contributed by atoms with van der Waals surface area (Å²) in [5.41, 5.74) is 7.94. The van der Waals surface area contributed by atoms with Crippen LogP contribution in [0.15, 0.2) is 17.1 Å². The molecule has 0 atom stereocenters. The van der Waals surface area contributed by atoms with E-state index in [9.17, 15) is 0 Å². The molecule has 0 aromatic carbocycles. The van der Waals surface area contributed by atoms with Crippen LogP contribution in [0.3, 0.4) is 0 Å². The molecule has 0 saturated heterocycles. The Balaban J connectivity index is 2.60. The van der Waals surface area contributed by atoms with E-state index < -0.39 is 0 Å². The summed E-state index contributed by atoms with van der Waals surface area (Å²) < 4.78 is 0. The molecule has 1 aromatic heterocycles. The Kier molecular flexibility index (Phi) is 5.34. The SMILES string of the molecule is C=C(C)CNC(N)=NCc1nc(C(C)C)c(C)s1. The first-order valence-electron chi connectivity index (χ1n) is 6.04. The van der Waals surface area contributed by atoms with Gasteiger partial charge in [-0.15, -0.1) is 11.3 Å². The molecule has 4 nitrogen and oxygen atoms in total. The number of aromatic nitrogens is 1. The Labute approximate surface area is 113 Å². The predicted octanol–water partition coefficient (Wildman–Crippen LogP) is 2.56. The fourth-order valence-electron chi connectivity index (χ4n) is 1.52. The summed E-state index contributed by atoms with van der Waals surface area (Å²) in [6, 6.07) is 0. The van der Waals surface area contributed by atoms with Gasteiger partial charge in [0.1, 0.15) is 5.01 Å². The summed E-state index contributed by atoms with van der Waals surface area (Å²) in [5, 5.41) is 4.01. The van der Waals surface area contributed by atoms with Crippen molar-refractivity contribution in [3.8, 4) is 0 Å². The van der Waals surface area contributed by atoms with Crippen LogP contribution in [-0.2, 0) is 6.54 Å². The Bertz CT molecular complexity index is 446. The van der Waals surface area contributed by atoms with E-state index in [-0.39, 0.29) is 0 Å². The molecule has 0 saturated carbocycles. The molecule has 1 rings (SSSR count). The van der Waals surface area contributed by atoms with Crippen LogP contribution >= 0.6 is 11.3 Å². The average Bonchev–Trinajstić information content (AvgIpc) is 2.65. The highest BCUT2D eigenvalue weighted by Crippen LogP contribution is 2.24. The van der Waals surface area contributed by atoms with E-state index in [1.54, 1.807) is 11.3 Å². The van der Waals surface area contributed by atoms with Gasteiger partial charge in [0.15, 0.2) is 5.96 Å². The van der Waals surface area contributed by atoms with Crippen LogP contribution in [0, 0.1) is 6.92 Å². The second-order valence-corrected chi connectivity index (χ2v) is 6.00. The first kappa shape index (κ1) is 14.7. The van der Waals surface area contributed by atoms with Crippen LogP contribution in [0.5, 0.6) is 0 Å². The van der Waals surface area contributed by atoms with E-state index in [4.69, 9.17) is 5.73 Å². The minimum atomic E-state index is 0.442. The fraction of sp³-hybridized carbons (Fsp3) is 0.538. The largest absolute Gasteiger partial charge is 0.370 e. The second kappa shape index (κ2) is 6.54. The summed E-state index contributed by atoms with van der Waals surface area (Å²) in [5.74, 6) is 0.898. The van der Waals surface area contributed by atoms with E-state index in [0.29, 0.717) is 25.0 Å². The third kappa shape index (κ3) is 4.49. The Hall–Kier alpha value is -1.36. The molecular weight excluding hydrogens is 244 g/mol. The van der Waals surface area contributed by atoms with Gasteiger partial charge in [-0.25, -0.2) is 9.98 Å². The number of hydrogen-bond acceptors (Lipinski definition) is 3. The Morgan fingerprint density at radius 3 is 2.72 bits per heavy atom. The lowest BCUT2D eigenvalue weighted by molar-refractivity contribution is 0.813. The number of aliphatic imine (C=N–C) groups is 1. The summed E-state index contributed by atoms with van der Waals surface area (Å²) in [7, 11) is 0. The average molecular weight is 266 g/mol. The first-order chi connectivity index (χ1) is 8.40. The number of guanidine groups is 1. The van der Waals surface area contributed by atoms with Crippen molar-refractivity contribution in [3.05, 3.63) is 27.7 Å². The van der Waals surface area contributed by atoms with Crippen molar-refractivity contribution < 1.29 is 0 Å². The van der Waals surface area contributed by atoms with Gasteiger partial charge in [-0.1, -0.05) is 26.0 Å². The minimum Gasteiger partial charge on any atom is -0.370 e. The monoisotopic (exact) mass is 266 g/mol. The zero-order valence-electron chi connectivity index (χ0n) is 11.6. The first-order valence-corrected chi connectivity index (χ1v) is 6.86. The molecule has 0 aliphatic heterocycles. The van der Waals surface area contributed by atoms with Gasteiger partial charge in [0.25, 0.3) is 0 Å². The van der Waals surface area contributed by atoms with Crippen molar-refractivity contribution in [2.75, 3.05) is 6.54 Å². The van der Waals surface area contributed by atoms with Crippen LogP contribution in [0.2, 0.25) is 0 Å². The molecule has 0 radical (unpaired) electrons. The van der Waals surface area contributed by atoms with Crippen LogP contribution < -0.4 is 11.1 Å². The Morgan fingerprint density at radius 1 is 1.56 bits per heavy atom. The molecule has 5 heteroatoms. The third-order valence-corrected chi connectivity index (χ3v) is 3.35. The maximum atomic E-state index is 5.75. The highest BCUT2D eigenvalue weighted by atomic mass is 32.1. The Morgan fingerprint density at radius 2 is 2.22 bits per heavy atom. The number of nitrogens with one attached hydrogen (secondary N) is 1. The number of thiazole rings is 1. The van der Waals surface area contributed by atoms with Crippen LogP contribution in [0.25, 0.3) is 0 Å².